The summed E-state index contributed by atoms with van der Waals surface area (Å²) in [5, 5.41) is 3.99. The van der Waals surface area contributed by atoms with Crippen molar-refractivity contribution in [2.24, 2.45) is 5.73 Å². The molecule has 0 saturated heterocycles. The number of aromatic amines is 1. The Hall–Kier alpha value is -1.73. The zero-order valence-electron chi connectivity index (χ0n) is 11.9. The molecular weight excluding hydrogens is 258 g/mol. The van der Waals surface area contributed by atoms with E-state index in [4.69, 9.17) is 15.0 Å². The Kier molecular flexibility index (Phi) is 5.25. The Labute approximate surface area is 117 Å². The highest BCUT2D eigenvalue weighted by molar-refractivity contribution is 5.03. The van der Waals surface area contributed by atoms with Gasteiger partial charge in [-0.3, -0.25) is 0 Å². The van der Waals surface area contributed by atoms with Gasteiger partial charge in [0, 0.05) is 24.9 Å². The molecule has 0 amide bonds. The topological polar surface area (TPSA) is 103 Å². The van der Waals surface area contributed by atoms with Crippen LogP contribution in [0.4, 0.5) is 0 Å². The molecule has 0 aliphatic heterocycles. The Morgan fingerprint density at radius 2 is 2.30 bits per heavy atom. The quantitative estimate of drug-likeness (QED) is 0.765. The van der Waals surface area contributed by atoms with E-state index in [0.717, 1.165) is 18.5 Å². The van der Waals surface area contributed by atoms with E-state index in [1.54, 1.807) is 12.5 Å². The fourth-order valence-corrected chi connectivity index (χ4v) is 2.00. The first kappa shape index (κ1) is 14.7. The van der Waals surface area contributed by atoms with Gasteiger partial charge in [-0.25, -0.2) is 4.98 Å². The third-order valence-electron chi connectivity index (χ3n) is 2.98. The summed E-state index contributed by atoms with van der Waals surface area (Å²) in [5.41, 5.74) is 7.00. The van der Waals surface area contributed by atoms with Gasteiger partial charge in [-0.2, -0.15) is 4.98 Å². The summed E-state index contributed by atoms with van der Waals surface area (Å²) in [4.78, 5) is 11.3. The molecule has 7 nitrogen and oxygen atoms in total. The normalized spacial score (nSPS) is 14.3. The van der Waals surface area contributed by atoms with Crippen molar-refractivity contribution in [3.05, 3.63) is 29.9 Å². The predicted molar refractivity (Wildman–Crippen MR) is 72.8 cm³/mol. The van der Waals surface area contributed by atoms with Gasteiger partial charge in [-0.1, -0.05) is 18.5 Å². The number of nitrogens with zero attached hydrogens (tertiary/aromatic N) is 3. The fourth-order valence-electron chi connectivity index (χ4n) is 2.00. The van der Waals surface area contributed by atoms with E-state index in [-0.39, 0.29) is 12.1 Å². The second-order valence-electron chi connectivity index (χ2n) is 4.61. The van der Waals surface area contributed by atoms with E-state index in [2.05, 4.69) is 27.0 Å². The van der Waals surface area contributed by atoms with Crippen LogP contribution in [0.1, 0.15) is 56.2 Å². The molecule has 0 spiro atoms. The Morgan fingerprint density at radius 3 is 2.95 bits per heavy atom. The van der Waals surface area contributed by atoms with E-state index in [1.165, 1.54) is 0 Å². The molecule has 2 aromatic rings. The lowest BCUT2D eigenvalue weighted by Gasteiger charge is -2.11. The lowest BCUT2D eigenvalue weighted by Crippen LogP contribution is -2.14. The second kappa shape index (κ2) is 7.16. The van der Waals surface area contributed by atoms with Gasteiger partial charge in [0.15, 0.2) is 0 Å². The zero-order valence-corrected chi connectivity index (χ0v) is 11.9. The van der Waals surface area contributed by atoms with Gasteiger partial charge in [0.05, 0.1) is 12.4 Å². The van der Waals surface area contributed by atoms with Crippen molar-refractivity contribution in [1.29, 1.82) is 0 Å². The van der Waals surface area contributed by atoms with Crippen LogP contribution in [0.3, 0.4) is 0 Å². The largest absolute Gasteiger partial charge is 0.370 e. The summed E-state index contributed by atoms with van der Waals surface area (Å²) in [6, 6.07) is -0.347. The van der Waals surface area contributed by atoms with Crippen molar-refractivity contribution in [3.63, 3.8) is 0 Å². The molecule has 0 radical (unpaired) electrons. The summed E-state index contributed by atoms with van der Waals surface area (Å²) in [5.74, 6) is 0.999. The molecule has 2 heterocycles. The van der Waals surface area contributed by atoms with Gasteiger partial charge in [-0.05, 0) is 13.3 Å². The second-order valence-corrected chi connectivity index (χ2v) is 4.61. The monoisotopic (exact) mass is 279 g/mol. The number of H-pyrrole nitrogens is 1. The number of nitrogens with two attached hydrogens (primary N) is 1. The van der Waals surface area contributed by atoms with Gasteiger partial charge >= 0.3 is 0 Å². The molecule has 20 heavy (non-hydrogen) atoms. The van der Waals surface area contributed by atoms with Gasteiger partial charge in [0.2, 0.25) is 11.7 Å². The molecule has 0 saturated carbocycles. The molecular formula is C13H21N5O2. The first-order chi connectivity index (χ1) is 9.74. The Balaban J connectivity index is 2.03. The van der Waals surface area contributed by atoms with Gasteiger partial charge in [-0.15, -0.1) is 0 Å². The average Bonchev–Trinajstić information content (AvgIpc) is 3.09. The Bertz CT molecular complexity index is 491. The Morgan fingerprint density at radius 1 is 1.45 bits per heavy atom. The van der Waals surface area contributed by atoms with E-state index in [1.807, 2.05) is 6.92 Å². The fraction of sp³-hybridized carbons (Fsp3) is 0.615. The summed E-state index contributed by atoms with van der Waals surface area (Å²) >= 11 is 0. The molecule has 0 aliphatic carbocycles. The van der Waals surface area contributed by atoms with Crippen molar-refractivity contribution in [2.75, 3.05) is 6.61 Å². The number of hydrogen-bond acceptors (Lipinski definition) is 6. The van der Waals surface area contributed by atoms with Crippen molar-refractivity contribution >= 4 is 0 Å². The first-order valence-electron chi connectivity index (χ1n) is 6.92. The van der Waals surface area contributed by atoms with E-state index in [0.29, 0.717) is 24.7 Å². The number of ether oxygens (including phenoxy) is 1. The summed E-state index contributed by atoms with van der Waals surface area (Å²) in [6.45, 7) is 4.67. The number of rotatable bonds is 8. The SMILES string of the molecule is CCCC(OCC)c1noc([C@@H](N)Cc2cnc[nH]2)n1. The molecule has 7 heteroatoms. The highest BCUT2D eigenvalue weighted by atomic mass is 16.5. The van der Waals surface area contributed by atoms with Crippen LogP contribution in [-0.2, 0) is 11.2 Å². The van der Waals surface area contributed by atoms with Crippen LogP contribution < -0.4 is 5.73 Å². The smallest absolute Gasteiger partial charge is 0.244 e. The third kappa shape index (κ3) is 3.64. The summed E-state index contributed by atoms with van der Waals surface area (Å²) in [6.07, 6.45) is 5.67. The summed E-state index contributed by atoms with van der Waals surface area (Å²) < 4.78 is 10.9. The van der Waals surface area contributed by atoms with Gasteiger partial charge in [0.1, 0.15) is 6.10 Å². The molecule has 2 rings (SSSR count). The lowest BCUT2D eigenvalue weighted by molar-refractivity contribution is 0.0477. The van der Waals surface area contributed by atoms with Crippen LogP contribution in [0.5, 0.6) is 0 Å². The number of nitrogens with one attached hydrogen (secondary N) is 1. The highest BCUT2D eigenvalue weighted by Crippen LogP contribution is 2.22. The minimum Gasteiger partial charge on any atom is -0.370 e. The molecule has 0 aliphatic rings. The minimum absolute atomic E-state index is 0.123. The van der Waals surface area contributed by atoms with Crippen molar-refractivity contribution in [3.8, 4) is 0 Å². The van der Waals surface area contributed by atoms with Gasteiger partial charge in [0.25, 0.3) is 0 Å². The average molecular weight is 279 g/mol. The van der Waals surface area contributed by atoms with Crippen molar-refractivity contribution in [2.45, 2.75) is 45.3 Å². The van der Waals surface area contributed by atoms with Crippen LogP contribution in [0.2, 0.25) is 0 Å². The third-order valence-corrected chi connectivity index (χ3v) is 2.98. The maximum atomic E-state index is 6.06. The van der Waals surface area contributed by atoms with Crippen LogP contribution in [0.15, 0.2) is 17.0 Å². The maximum absolute atomic E-state index is 6.06. The minimum atomic E-state index is -0.347. The molecule has 110 valence electrons. The predicted octanol–water partition coefficient (Wildman–Crippen LogP) is 1.91. The zero-order chi connectivity index (χ0) is 14.4. The van der Waals surface area contributed by atoms with E-state index >= 15 is 0 Å². The maximum Gasteiger partial charge on any atom is 0.244 e. The molecule has 2 atom stereocenters. The molecule has 2 aromatic heterocycles. The number of hydrogen-bond donors (Lipinski definition) is 2. The molecule has 0 fully saturated rings. The van der Waals surface area contributed by atoms with Crippen LogP contribution >= 0.6 is 0 Å². The lowest BCUT2D eigenvalue weighted by atomic mass is 10.1. The molecule has 0 aromatic carbocycles. The van der Waals surface area contributed by atoms with E-state index in [9.17, 15) is 0 Å². The van der Waals surface area contributed by atoms with E-state index < -0.39 is 0 Å². The van der Waals surface area contributed by atoms with Crippen molar-refractivity contribution < 1.29 is 9.26 Å². The molecule has 1 unspecified atom stereocenters. The molecule has 0 bridgehead atoms. The first-order valence-corrected chi connectivity index (χ1v) is 6.92. The number of aromatic nitrogens is 4. The van der Waals surface area contributed by atoms with Crippen molar-refractivity contribution in [1.82, 2.24) is 20.1 Å². The van der Waals surface area contributed by atoms with Crippen LogP contribution in [0, 0.1) is 0 Å². The number of imidazole rings is 1. The summed E-state index contributed by atoms with van der Waals surface area (Å²) in [7, 11) is 0. The van der Waals surface area contributed by atoms with Gasteiger partial charge < -0.3 is 20.0 Å². The van der Waals surface area contributed by atoms with Crippen LogP contribution in [-0.4, -0.2) is 26.7 Å². The highest BCUT2D eigenvalue weighted by Gasteiger charge is 2.21. The molecule has 3 N–H and O–H groups in total. The van der Waals surface area contributed by atoms with Crippen LogP contribution in [0.25, 0.3) is 0 Å². The standard InChI is InChI=1S/C13H21N5O2/c1-3-5-11(19-4-2)12-17-13(20-18-12)10(14)6-9-7-15-8-16-9/h7-8,10-11H,3-6,14H2,1-2H3,(H,15,16)/t10-,11?/m0/s1.